The summed E-state index contributed by atoms with van der Waals surface area (Å²) in [6.07, 6.45) is 9.48. The van der Waals surface area contributed by atoms with Crippen molar-refractivity contribution < 1.29 is 63.9 Å². The number of hydrogen-bond acceptors (Lipinski definition) is 4. The maximum absolute atomic E-state index is 12.3. The van der Waals surface area contributed by atoms with Crippen molar-refractivity contribution in [2.75, 3.05) is 6.61 Å². The molecule has 5 atom stereocenters. The van der Waals surface area contributed by atoms with Crippen molar-refractivity contribution in [3.8, 4) is 0 Å². The van der Waals surface area contributed by atoms with Crippen molar-refractivity contribution in [2.24, 2.45) is 22.7 Å². The van der Waals surface area contributed by atoms with Crippen LogP contribution in [0, 0.1) is 66.7 Å². The summed E-state index contributed by atoms with van der Waals surface area (Å²) in [6.45, 7) is 3.71. The predicted molar refractivity (Wildman–Crippen MR) is 93.7 cm³/mol. The molecule has 0 aromatic heterocycles. The average Bonchev–Trinajstić information content (AvgIpc) is 2.87. The van der Waals surface area contributed by atoms with Gasteiger partial charge in [0.2, 0.25) is 0 Å². The molecule has 0 bridgehead atoms. The standard InChI is InChI=1S/C21H28O4.Ac/c1-19-8-5-14(23)11-13(19)3-4-15-16(19)6-9-20(2)17(15)7-10-21(20,25)18(24)12-22;/h6,11,15,17,22,25H,3-5,7-10,12H2,1-2H3;. The topological polar surface area (TPSA) is 74.6 Å². The minimum atomic E-state index is -1.41. The Labute approximate surface area is 191 Å². The van der Waals surface area contributed by atoms with Crippen LogP contribution in [-0.4, -0.2) is 34.0 Å². The molecule has 4 nitrogen and oxygen atoms in total. The van der Waals surface area contributed by atoms with Gasteiger partial charge in [-0.05, 0) is 56.4 Å². The van der Waals surface area contributed by atoms with E-state index in [9.17, 15) is 19.8 Å². The molecule has 2 N–H and O–H groups in total. The van der Waals surface area contributed by atoms with Crippen LogP contribution in [0.5, 0.6) is 0 Å². The maximum atomic E-state index is 12.3. The van der Waals surface area contributed by atoms with Crippen molar-refractivity contribution in [1.29, 1.82) is 0 Å². The molecule has 4 rings (SSSR count). The van der Waals surface area contributed by atoms with Gasteiger partial charge in [0.15, 0.2) is 11.6 Å². The SMILES string of the molecule is CC12CCC(=O)C=C1CCC1C2=CCC2(C)C1CCC2(O)C(=O)CO.[Ac]. The van der Waals surface area contributed by atoms with Crippen molar-refractivity contribution in [3.63, 3.8) is 0 Å². The summed E-state index contributed by atoms with van der Waals surface area (Å²) in [6, 6.07) is 0. The van der Waals surface area contributed by atoms with E-state index in [0.29, 0.717) is 25.2 Å². The zero-order valence-electron chi connectivity index (χ0n) is 15.8. The first-order valence-electron chi connectivity index (χ1n) is 9.57. The molecule has 0 aromatic carbocycles. The summed E-state index contributed by atoms with van der Waals surface area (Å²) in [5.41, 5.74) is 0.770. The molecule has 4 aliphatic carbocycles. The molecule has 0 spiro atoms. The van der Waals surface area contributed by atoms with Crippen LogP contribution in [0.1, 0.15) is 58.8 Å². The van der Waals surface area contributed by atoms with Crippen molar-refractivity contribution in [3.05, 3.63) is 23.3 Å². The zero-order valence-corrected chi connectivity index (χ0v) is 20.5. The maximum Gasteiger partial charge on any atom is 0.190 e. The Morgan fingerprint density at radius 2 is 1.96 bits per heavy atom. The van der Waals surface area contributed by atoms with E-state index in [4.69, 9.17) is 0 Å². The number of aliphatic hydroxyl groups excluding tert-OH is 1. The Bertz CT molecular complexity index is 711. The van der Waals surface area contributed by atoms with Crippen LogP contribution in [0.25, 0.3) is 0 Å². The van der Waals surface area contributed by atoms with E-state index in [2.05, 4.69) is 13.0 Å². The number of Topliss-reactive ketones (excluding diaryl/α,β-unsaturated/α-hetero) is 1. The van der Waals surface area contributed by atoms with Crippen LogP contribution in [0.3, 0.4) is 0 Å². The summed E-state index contributed by atoms with van der Waals surface area (Å²) in [5.74, 6) is 0.454. The number of hydrogen-bond donors (Lipinski definition) is 2. The molecule has 0 saturated heterocycles. The first-order valence-corrected chi connectivity index (χ1v) is 9.57. The van der Waals surface area contributed by atoms with Gasteiger partial charge in [-0.15, -0.1) is 0 Å². The van der Waals surface area contributed by atoms with Gasteiger partial charge in [-0.2, -0.15) is 0 Å². The molecular formula is C21H28AcO4. The Morgan fingerprint density at radius 1 is 1.23 bits per heavy atom. The van der Waals surface area contributed by atoms with Gasteiger partial charge in [0.25, 0.3) is 0 Å². The molecule has 5 heteroatoms. The number of rotatable bonds is 2. The summed E-state index contributed by atoms with van der Waals surface area (Å²) in [4.78, 5) is 24.2. The third-order valence-electron chi connectivity index (χ3n) is 8.09. The van der Waals surface area contributed by atoms with E-state index < -0.39 is 23.4 Å². The summed E-state index contributed by atoms with van der Waals surface area (Å²) in [7, 11) is 0. The van der Waals surface area contributed by atoms with Crippen LogP contribution < -0.4 is 0 Å². The molecule has 2 saturated carbocycles. The first kappa shape index (κ1) is 20.9. The molecule has 26 heavy (non-hydrogen) atoms. The van der Waals surface area contributed by atoms with E-state index in [1.54, 1.807) is 0 Å². The summed E-state index contributed by atoms with van der Waals surface area (Å²) >= 11 is 0. The molecule has 139 valence electrons. The van der Waals surface area contributed by atoms with Gasteiger partial charge in [0, 0.05) is 61.3 Å². The third kappa shape index (κ3) is 2.64. The first-order chi connectivity index (χ1) is 11.8. The Hall–Kier alpha value is 0.182. The summed E-state index contributed by atoms with van der Waals surface area (Å²) < 4.78 is 0. The number of allylic oxidation sites excluding steroid dienone is 4. The minimum Gasteiger partial charge on any atom is -0.388 e. The zero-order chi connectivity index (χ0) is 18.0. The number of carbonyl (C=O) groups excluding carboxylic acids is 2. The molecule has 5 unspecified atom stereocenters. The Balaban J connectivity index is 0.00000196. The molecule has 2 fully saturated rings. The largest absolute Gasteiger partial charge is 0.388 e. The van der Waals surface area contributed by atoms with Gasteiger partial charge in [0.1, 0.15) is 12.2 Å². The van der Waals surface area contributed by atoms with Crippen LogP contribution >= 0.6 is 0 Å². The van der Waals surface area contributed by atoms with Gasteiger partial charge in [0.05, 0.1) is 0 Å². The van der Waals surface area contributed by atoms with E-state index in [1.807, 2.05) is 13.0 Å². The van der Waals surface area contributed by atoms with Gasteiger partial charge in [-0.25, -0.2) is 0 Å². The second kappa shape index (κ2) is 6.90. The molecule has 1 radical (unpaired) electrons. The molecular weight excluding hydrogens is 543 g/mol. The van der Waals surface area contributed by atoms with Crippen molar-refractivity contribution >= 4 is 11.6 Å². The van der Waals surface area contributed by atoms with Crippen molar-refractivity contribution in [2.45, 2.75) is 64.4 Å². The Kier molecular flexibility index (Phi) is 5.55. The van der Waals surface area contributed by atoms with Crippen molar-refractivity contribution in [1.82, 2.24) is 0 Å². The van der Waals surface area contributed by atoms with Gasteiger partial charge in [-0.1, -0.05) is 31.1 Å². The second-order valence-electron chi connectivity index (χ2n) is 8.98. The van der Waals surface area contributed by atoms with Gasteiger partial charge < -0.3 is 10.2 Å². The van der Waals surface area contributed by atoms with E-state index in [1.165, 1.54) is 11.1 Å². The number of carbonyl (C=O) groups is 2. The number of aliphatic hydroxyl groups is 2. The number of ketones is 2. The molecule has 0 heterocycles. The average molecular weight is 571 g/mol. The quantitative estimate of drug-likeness (QED) is 0.501. The molecule has 0 aliphatic heterocycles. The van der Waals surface area contributed by atoms with Gasteiger partial charge in [-0.3, -0.25) is 9.59 Å². The van der Waals surface area contributed by atoms with Crippen LogP contribution in [0.15, 0.2) is 23.3 Å². The van der Waals surface area contributed by atoms with Crippen LogP contribution in [0.2, 0.25) is 0 Å². The predicted octanol–water partition coefficient (Wildman–Crippen LogP) is 2.73. The fraction of sp³-hybridized carbons (Fsp3) is 0.714. The molecule has 0 amide bonds. The smallest absolute Gasteiger partial charge is 0.190 e. The summed E-state index contributed by atoms with van der Waals surface area (Å²) in [5, 5.41) is 20.5. The van der Waals surface area contributed by atoms with Crippen LogP contribution in [-0.2, 0) is 9.59 Å². The van der Waals surface area contributed by atoms with Crippen LogP contribution in [0.4, 0.5) is 0 Å². The Morgan fingerprint density at radius 3 is 2.65 bits per heavy atom. The molecule has 0 aromatic rings. The normalized spacial score (nSPS) is 44.1. The minimum absolute atomic E-state index is 0. The van der Waals surface area contributed by atoms with Gasteiger partial charge >= 0.3 is 0 Å². The second-order valence-corrected chi connectivity index (χ2v) is 8.98. The molecule has 4 aliphatic rings. The number of fused-ring (bicyclic) bond motifs is 5. The van der Waals surface area contributed by atoms with E-state index in [0.717, 1.165) is 25.7 Å². The van der Waals surface area contributed by atoms with E-state index >= 15 is 0 Å². The third-order valence-corrected chi connectivity index (χ3v) is 8.09. The fourth-order valence-corrected chi connectivity index (χ4v) is 6.46. The van der Waals surface area contributed by atoms with E-state index in [-0.39, 0.29) is 61.2 Å². The fourth-order valence-electron chi connectivity index (χ4n) is 6.46. The monoisotopic (exact) mass is 571 g/mol.